The van der Waals surface area contributed by atoms with E-state index in [0.29, 0.717) is 10.0 Å². The van der Waals surface area contributed by atoms with E-state index >= 15 is 0 Å². The molecule has 0 amide bonds. The van der Waals surface area contributed by atoms with Gasteiger partial charge in [-0.15, -0.1) is 0 Å². The molecule has 3 rings (SSSR count). The van der Waals surface area contributed by atoms with Gasteiger partial charge in [0.2, 0.25) is 0 Å². The highest BCUT2D eigenvalue weighted by Crippen LogP contribution is 2.41. The molecule has 2 aliphatic rings. The Kier molecular flexibility index (Phi) is 2.94. The number of hydrogen-bond donors (Lipinski definition) is 0. The molecule has 0 aliphatic heterocycles. The van der Waals surface area contributed by atoms with Crippen LogP contribution in [0.1, 0.15) is 0 Å². The van der Waals surface area contributed by atoms with Crippen molar-refractivity contribution in [2.75, 3.05) is 0 Å². The van der Waals surface area contributed by atoms with Crippen LogP contribution in [0.15, 0.2) is 54.9 Å². The topological polar surface area (TPSA) is 12.9 Å². The quantitative estimate of drug-likeness (QED) is 0.597. The fourth-order valence-corrected chi connectivity index (χ4v) is 2.67. The van der Waals surface area contributed by atoms with Gasteiger partial charge in [0.25, 0.3) is 0 Å². The number of halogens is 2. The summed E-state index contributed by atoms with van der Waals surface area (Å²) in [4.78, 5) is 3.98. The Morgan fingerprint density at radius 2 is 1.44 bits per heavy atom. The van der Waals surface area contributed by atoms with Crippen LogP contribution in [-0.2, 0) is 0 Å². The minimum Gasteiger partial charge on any atom is -0.262 e. The Morgan fingerprint density at radius 3 is 2.22 bits per heavy atom. The van der Waals surface area contributed by atoms with Crippen LogP contribution in [0.4, 0.5) is 0 Å². The molecule has 1 aromatic heterocycles. The number of fused-ring (bicyclic) bond motifs is 1. The highest BCUT2D eigenvalue weighted by atomic mass is 35.5. The van der Waals surface area contributed by atoms with E-state index in [-0.39, 0.29) is 0 Å². The molecule has 0 unspecified atom stereocenters. The third-order valence-corrected chi connectivity index (χ3v) is 3.49. The lowest BCUT2D eigenvalue weighted by atomic mass is 10.0. The molecule has 0 radical (unpaired) electrons. The first-order valence-electron chi connectivity index (χ1n) is 5.54. The van der Waals surface area contributed by atoms with Gasteiger partial charge >= 0.3 is 0 Å². The van der Waals surface area contributed by atoms with E-state index in [4.69, 9.17) is 23.2 Å². The van der Waals surface area contributed by atoms with E-state index in [1.807, 2.05) is 24.3 Å². The average molecular weight is 274 g/mol. The van der Waals surface area contributed by atoms with Crippen LogP contribution in [0.25, 0.3) is 22.3 Å². The Hall–Kier alpha value is -1.57. The van der Waals surface area contributed by atoms with E-state index in [9.17, 15) is 0 Å². The fraction of sp³-hybridized carbons (Fsp3) is 0. The van der Waals surface area contributed by atoms with Crippen LogP contribution in [0, 0.1) is 0 Å². The van der Waals surface area contributed by atoms with Crippen molar-refractivity contribution in [3.05, 3.63) is 64.9 Å². The number of hydrogen-bond acceptors (Lipinski definition) is 1. The maximum absolute atomic E-state index is 6.21. The fourth-order valence-electron chi connectivity index (χ4n) is 2.10. The molecular weight excluding hydrogens is 265 g/mol. The molecule has 0 spiro atoms. The van der Waals surface area contributed by atoms with Crippen molar-refractivity contribution in [1.29, 1.82) is 0 Å². The summed E-state index contributed by atoms with van der Waals surface area (Å²) in [6, 6.07) is 14.3. The minimum atomic E-state index is 0.571. The van der Waals surface area contributed by atoms with Gasteiger partial charge in [-0.1, -0.05) is 65.7 Å². The zero-order valence-corrected chi connectivity index (χ0v) is 10.9. The van der Waals surface area contributed by atoms with Gasteiger partial charge in [-0.2, -0.15) is 0 Å². The maximum Gasteiger partial charge on any atom is 0.0682 e. The lowest BCUT2D eigenvalue weighted by Gasteiger charge is -2.06. The molecule has 88 valence electrons. The Bertz CT molecular complexity index is 659. The van der Waals surface area contributed by atoms with E-state index in [1.165, 1.54) is 5.56 Å². The molecule has 1 nitrogen and oxygen atoms in total. The lowest BCUT2D eigenvalue weighted by molar-refractivity contribution is 1.33. The van der Waals surface area contributed by atoms with Crippen LogP contribution in [0.2, 0.25) is 10.0 Å². The lowest BCUT2D eigenvalue weighted by Crippen LogP contribution is -1.83. The SMILES string of the molecule is Clc1cncc(Cl)c1-c1ccc2cccccc1-2. The van der Waals surface area contributed by atoms with E-state index in [0.717, 1.165) is 16.7 Å². The van der Waals surface area contributed by atoms with Gasteiger partial charge in [0, 0.05) is 18.0 Å². The summed E-state index contributed by atoms with van der Waals surface area (Å²) in [5.41, 5.74) is 4.18. The third kappa shape index (κ3) is 1.86. The average Bonchev–Trinajstić information content (AvgIpc) is 2.59. The van der Waals surface area contributed by atoms with Crippen LogP contribution >= 0.6 is 23.2 Å². The highest BCUT2D eigenvalue weighted by molar-refractivity contribution is 6.39. The number of aromatic nitrogens is 1. The van der Waals surface area contributed by atoms with Gasteiger partial charge in [0.1, 0.15) is 0 Å². The van der Waals surface area contributed by atoms with Crippen LogP contribution in [-0.4, -0.2) is 4.98 Å². The molecule has 0 bridgehead atoms. The van der Waals surface area contributed by atoms with Gasteiger partial charge in [-0.3, -0.25) is 4.98 Å². The summed E-state index contributed by atoms with van der Waals surface area (Å²) in [6.45, 7) is 0. The Labute approximate surface area is 115 Å². The van der Waals surface area contributed by atoms with Gasteiger partial charge in [-0.25, -0.2) is 0 Å². The Balaban J connectivity index is 2.29. The zero-order chi connectivity index (χ0) is 12.5. The van der Waals surface area contributed by atoms with Crippen molar-refractivity contribution in [1.82, 2.24) is 4.98 Å². The van der Waals surface area contributed by atoms with Crippen LogP contribution < -0.4 is 0 Å². The normalized spacial score (nSPS) is 10.8. The Morgan fingerprint density at radius 1 is 0.722 bits per heavy atom. The first-order valence-corrected chi connectivity index (χ1v) is 6.30. The monoisotopic (exact) mass is 273 g/mol. The molecule has 1 aromatic rings. The largest absolute Gasteiger partial charge is 0.262 e. The first-order chi connectivity index (χ1) is 8.77. The second-order valence-corrected chi connectivity index (χ2v) is 4.82. The van der Waals surface area contributed by atoms with Crippen LogP contribution in [0.5, 0.6) is 0 Å². The molecule has 3 heteroatoms. The van der Waals surface area contributed by atoms with Gasteiger partial charge in [-0.05, 0) is 16.7 Å². The van der Waals surface area contributed by atoms with Crippen LogP contribution in [0.3, 0.4) is 0 Å². The molecule has 0 fully saturated rings. The molecule has 18 heavy (non-hydrogen) atoms. The summed E-state index contributed by atoms with van der Waals surface area (Å²) in [5.74, 6) is 0. The predicted octanol–water partition coefficient (Wildman–Crippen LogP) is 5.16. The standard InChI is InChI=1S/C15H9Cl2N/c16-13-8-18-9-14(17)15(13)12-7-6-10-4-2-1-3-5-11(10)12/h1-9H. The molecule has 0 saturated carbocycles. The van der Waals surface area contributed by atoms with Crippen molar-refractivity contribution in [2.24, 2.45) is 0 Å². The summed E-state index contributed by atoms with van der Waals surface area (Å²) in [7, 11) is 0. The first kappa shape index (κ1) is 11.5. The molecule has 0 saturated heterocycles. The zero-order valence-electron chi connectivity index (χ0n) is 9.40. The molecule has 2 aliphatic carbocycles. The van der Waals surface area contributed by atoms with Crippen molar-refractivity contribution in [3.8, 4) is 22.3 Å². The van der Waals surface area contributed by atoms with Gasteiger partial charge < -0.3 is 0 Å². The van der Waals surface area contributed by atoms with Gasteiger partial charge in [0.05, 0.1) is 10.0 Å². The van der Waals surface area contributed by atoms with Crippen molar-refractivity contribution >= 4 is 23.2 Å². The van der Waals surface area contributed by atoms with E-state index < -0.39 is 0 Å². The summed E-state index contributed by atoms with van der Waals surface area (Å²) in [6.07, 6.45) is 3.23. The number of rotatable bonds is 1. The van der Waals surface area contributed by atoms with Crippen molar-refractivity contribution in [2.45, 2.75) is 0 Å². The smallest absolute Gasteiger partial charge is 0.0682 e. The summed E-state index contributed by atoms with van der Waals surface area (Å²) < 4.78 is 0. The summed E-state index contributed by atoms with van der Waals surface area (Å²) in [5, 5.41) is 1.14. The van der Waals surface area contributed by atoms with Gasteiger partial charge in [0.15, 0.2) is 0 Å². The minimum absolute atomic E-state index is 0.571. The van der Waals surface area contributed by atoms with Crippen molar-refractivity contribution in [3.63, 3.8) is 0 Å². The van der Waals surface area contributed by atoms with E-state index in [1.54, 1.807) is 12.4 Å². The summed E-state index contributed by atoms with van der Waals surface area (Å²) >= 11 is 12.4. The molecule has 1 heterocycles. The second-order valence-electron chi connectivity index (χ2n) is 4.00. The molecule has 0 N–H and O–H groups in total. The molecule has 0 atom stereocenters. The second kappa shape index (κ2) is 4.60. The number of pyridine rings is 1. The number of nitrogens with zero attached hydrogens (tertiary/aromatic N) is 1. The van der Waals surface area contributed by atoms with E-state index in [2.05, 4.69) is 23.2 Å². The highest BCUT2D eigenvalue weighted by Gasteiger charge is 2.15. The predicted molar refractivity (Wildman–Crippen MR) is 76.3 cm³/mol. The maximum atomic E-state index is 6.21. The third-order valence-electron chi connectivity index (χ3n) is 2.91. The molecule has 0 aromatic carbocycles. The molecular formula is C15H9Cl2N. The van der Waals surface area contributed by atoms with Crippen molar-refractivity contribution < 1.29 is 0 Å².